The van der Waals surface area contributed by atoms with Crippen molar-refractivity contribution >= 4 is 5.95 Å². The van der Waals surface area contributed by atoms with E-state index in [0.717, 1.165) is 50.7 Å². The summed E-state index contributed by atoms with van der Waals surface area (Å²) in [6.07, 6.45) is 4.19. The second-order valence-electron chi connectivity index (χ2n) is 4.69. The Balaban J connectivity index is 2.08. The van der Waals surface area contributed by atoms with E-state index in [-0.39, 0.29) is 0 Å². The molecule has 1 aliphatic heterocycles. The van der Waals surface area contributed by atoms with Crippen LogP contribution in [0.1, 0.15) is 18.5 Å². The van der Waals surface area contributed by atoms with Crippen LogP contribution < -0.4 is 10.6 Å². The number of nitrogens with two attached hydrogens (primary N) is 1. The van der Waals surface area contributed by atoms with Crippen molar-refractivity contribution in [1.82, 2.24) is 9.55 Å². The number of anilines is 1. The number of piperidine rings is 1. The van der Waals surface area contributed by atoms with Crippen molar-refractivity contribution in [2.45, 2.75) is 32.4 Å². The predicted molar refractivity (Wildman–Crippen MR) is 68.3 cm³/mol. The summed E-state index contributed by atoms with van der Waals surface area (Å²) in [5, 5.41) is 0. The van der Waals surface area contributed by atoms with Gasteiger partial charge in [-0.2, -0.15) is 0 Å². The van der Waals surface area contributed by atoms with Gasteiger partial charge in [-0.1, -0.05) is 0 Å². The standard InChI is InChI=1S/C12H22N4O/c1-10-9-16(7-8-17-2)12(14-10)15-5-3-11(13)4-6-15/h9,11H,3-8,13H2,1-2H3. The summed E-state index contributed by atoms with van der Waals surface area (Å²) in [7, 11) is 1.73. The number of nitrogens with zero attached hydrogens (tertiary/aromatic N) is 3. The molecule has 5 heteroatoms. The first-order valence-corrected chi connectivity index (χ1v) is 6.24. The number of hydrogen-bond donors (Lipinski definition) is 1. The fraction of sp³-hybridized carbons (Fsp3) is 0.750. The Morgan fingerprint density at radius 3 is 2.82 bits per heavy atom. The van der Waals surface area contributed by atoms with Crippen LogP contribution >= 0.6 is 0 Å². The van der Waals surface area contributed by atoms with Gasteiger partial charge in [-0.15, -0.1) is 0 Å². The molecule has 1 fully saturated rings. The molecule has 1 aliphatic rings. The first-order valence-electron chi connectivity index (χ1n) is 6.24. The molecular formula is C12H22N4O. The maximum atomic E-state index is 5.92. The van der Waals surface area contributed by atoms with Gasteiger partial charge in [-0.25, -0.2) is 4.98 Å². The third-order valence-corrected chi connectivity index (χ3v) is 3.23. The van der Waals surface area contributed by atoms with Crippen LogP contribution in [-0.4, -0.2) is 42.4 Å². The van der Waals surface area contributed by atoms with Crippen molar-refractivity contribution in [3.05, 3.63) is 11.9 Å². The lowest BCUT2D eigenvalue weighted by Gasteiger charge is -2.31. The monoisotopic (exact) mass is 238 g/mol. The number of rotatable bonds is 4. The molecule has 5 nitrogen and oxygen atoms in total. The SMILES string of the molecule is COCCn1cc(C)nc1N1CCC(N)CC1. The average Bonchev–Trinajstić information content (AvgIpc) is 2.69. The van der Waals surface area contributed by atoms with Gasteiger partial charge in [0.05, 0.1) is 12.3 Å². The fourth-order valence-electron chi connectivity index (χ4n) is 2.24. The number of hydrogen-bond acceptors (Lipinski definition) is 4. The molecule has 0 spiro atoms. The van der Waals surface area contributed by atoms with Crippen molar-refractivity contribution in [3.63, 3.8) is 0 Å². The highest BCUT2D eigenvalue weighted by molar-refractivity contribution is 5.34. The van der Waals surface area contributed by atoms with Crippen LogP contribution in [0.4, 0.5) is 5.95 Å². The smallest absolute Gasteiger partial charge is 0.205 e. The van der Waals surface area contributed by atoms with Crippen LogP contribution in [-0.2, 0) is 11.3 Å². The van der Waals surface area contributed by atoms with E-state index in [1.807, 2.05) is 6.92 Å². The van der Waals surface area contributed by atoms with Crippen molar-refractivity contribution < 1.29 is 4.74 Å². The number of aryl methyl sites for hydroxylation is 1. The topological polar surface area (TPSA) is 56.3 Å². The molecule has 0 bridgehead atoms. The van der Waals surface area contributed by atoms with Crippen molar-refractivity contribution in [2.24, 2.45) is 5.73 Å². The minimum absolute atomic E-state index is 0.356. The minimum Gasteiger partial charge on any atom is -0.383 e. The van der Waals surface area contributed by atoms with E-state index in [4.69, 9.17) is 10.5 Å². The third kappa shape index (κ3) is 2.98. The molecule has 0 unspecified atom stereocenters. The lowest BCUT2D eigenvalue weighted by molar-refractivity contribution is 0.187. The zero-order chi connectivity index (χ0) is 12.3. The number of ether oxygens (including phenoxy) is 1. The summed E-state index contributed by atoms with van der Waals surface area (Å²) in [4.78, 5) is 6.93. The highest BCUT2D eigenvalue weighted by Gasteiger charge is 2.20. The molecule has 1 aromatic rings. The quantitative estimate of drug-likeness (QED) is 0.841. The summed E-state index contributed by atoms with van der Waals surface area (Å²) < 4.78 is 7.30. The molecule has 0 aromatic carbocycles. The van der Waals surface area contributed by atoms with Crippen LogP contribution in [0.3, 0.4) is 0 Å². The van der Waals surface area contributed by atoms with Crippen LogP contribution in [0.5, 0.6) is 0 Å². The Morgan fingerprint density at radius 1 is 1.47 bits per heavy atom. The van der Waals surface area contributed by atoms with Crippen LogP contribution in [0.25, 0.3) is 0 Å². The van der Waals surface area contributed by atoms with Crippen molar-refractivity contribution in [3.8, 4) is 0 Å². The molecule has 0 saturated carbocycles. The van der Waals surface area contributed by atoms with E-state index in [0.29, 0.717) is 6.04 Å². The summed E-state index contributed by atoms with van der Waals surface area (Å²) in [5.41, 5.74) is 6.99. The maximum absolute atomic E-state index is 5.92. The minimum atomic E-state index is 0.356. The second-order valence-corrected chi connectivity index (χ2v) is 4.69. The van der Waals surface area contributed by atoms with Crippen LogP contribution in [0.2, 0.25) is 0 Å². The van der Waals surface area contributed by atoms with E-state index in [9.17, 15) is 0 Å². The van der Waals surface area contributed by atoms with E-state index >= 15 is 0 Å². The lowest BCUT2D eigenvalue weighted by Crippen LogP contribution is -2.41. The molecule has 17 heavy (non-hydrogen) atoms. The Hall–Kier alpha value is -1.07. The Labute approximate surface area is 103 Å². The van der Waals surface area contributed by atoms with Crippen molar-refractivity contribution in [1.29, 1.82) is 0 Å². The van der Waals surface area contributed by atoms with E-state index in [1.54, 1.807) is 7.11 Å². The van der Waals surface area contributed by atoms with Gasteiger partial charge in [0.1, 0.15) is 0 Å². The number of imidazole rings is 1. The molecule has 0 radical (unpaired) electrons. The van der Waals surface area contributed by atoms with Gasteiger partial charge in [-0.05, 0) is 19.8 Å². The maximum Gasteiger partial charge on any atom is 0.205 e. The first-order chi connectivity index (χ1) is 8.20. The molecule has 2 heterocycles. The average molecular weight is 238 g/mol. The molecule has 1 saturated heterocycles. The summed E-state index contributed by atoms with van der Waals surface area (Å²) in [6.45, 7) is 5.61. The zero-order valence-electron chi connectivity index (χ0n) is 10.7. The predicted octanol–water partition coefficient (Wildman–Crippen LogP) is 0.765. The van der Waals surface area contributed by atoms with Gasteiger partial charge < -0.3 is 19.9 Å². The summed E-state index contributed by atoms with van der Waals surface area (Å²) >= 11 is 0. The number of aromatic nitrogens is 2. The molecule has 96 valence electrons. The van der Waals surface area contributed by atoms with Crippen LogP contribution in [0.15, 0.2) is 6.20 Å². The van der Waals surface area contributed by atoms with E-state index in [2.05, 4.69) is 20.6 Å². The van der Waals surface area contributed by atoms with E-state index < -0.39 is 0 Å². The molecular weight excluding hydrogens is 216 g/mol. The summed E-state index contributed by atoms with van der Waals surface area (Å²) in [5.74, 6) is 1.06. The van der Waals surface area contributed by atoms with Gasteiger partial charge in [0.15, 0.2) is 0 Å². The third-order valence-electron chi connectivity index (χ3n) is 3.23. The number of methoxy groups -OCH3 is 1. The molecule has 0 amide bonds. The Kier molecular flexibility index (Phi) is 4.02. The molecule has 2 rings (SSSR count). The second kappa shape index (κ2) is 5.51. The van der Waals surface area contributed by atoms with E-state index in [1.165, 1.54) is 0 Å². The van der Waals surface area contributed by atoms with Crippen molar-refractivity contribution in [2.75, 3.05) is 31.7 Å². The van der Waals surface area contributed by atoms with Gasteiger partial charge in [0, 0.05) is 39.0 Å². The van der Waals surface area contributed by atoms with Gasteiger partial charge >= 0.3 is 0 Å². The first kappa shape index (κ1) is 12.4. The zero-order valence-corrected chi connectivity index (χ0v) is 10.7. The Bertz CT molecular complexity index is 355. The van der Waals surface area contributed by atoms with Crippen LogP contribution in [0, 0.1) is 6.92 Å². The van der Waals surface area contributed by atoms with Gasteiger partial charge in [-0.3, -0.25) is 0 Å². The summed E-state index contributed by atoms with van der Waals surface area (Å²) in [6, 6.07) is 0.356. The molecule has 0 atom stereocenters. The molecule has 2 N–H and O–H groups in total. The largest absolute Gasteiger partial charge is 0.383 e. The van der Waals surface area contributed by atoms with Gasteiger partial charge in [0.2, 0.25) is 5.95 Å². The van der Waals surface area contributed by atoms with Gasteiger partial charge in [0.25, 0.3) is 0 Å². The molecule has 0 aliphatic carbocycles. The normalized spacial score (nSPS) is 17.7. The highest BCUT2D eigenvalue weighted by atomic mass is 16.5. The Morgan fingerprint density at radius 2 is 2.18 bits per heavy atom. The molecule has 1 aromatic heterocycles. The highest BCUT2D eigenvalue weighted by Crippen LogP contribution is 2.19. The fourth-order valence-corrected chi connectivity index (χ4v) is 2.24. The lowest BCUT2D eigenvalue weighted by atomic mass is 10.1.